The molecular weight excluding hydrogens is 204 g/mol. The maximum atomic E-state index is 8.70. The summed E-state index contributed by atoms with van der Waals surface area (Å²) in [4.78, 5) is 3.12. The molecular formula is C11H11N4O+. The van der Waals surface area contributed by atoms with Gasteiger partial charge in [0.05, 0.1) is 24.3 Å². The Bertz CT molecular complexity index is 510. The van der Waals surface area contributed by atoms with Gasteiger partial charge in [-0.2, -0.15) is 0 Å². The van der Waals surface area contributed by atoms with Crippen LogP contribution in [0.4, 0.5) is 5.82 Å². The molecule has 0 saturated carbocycles. The highest BCUT2D eigenvalue weighted by Crippen LogP contribution is 2.20. The van der Waals surface area contributed by atoms with Gasteiger partial charge in [0.25, 0.3) is 0 Å². The number of rotatable bonds is 3. The highest BCUT2D eigenvalue weighted by atomic mass is 16.5. The molecule has 1 aromatic carbocycles. The first-order valence-electron chi connectivity index (χ1n) is 4.83. The Hall–Kier alpha value is -2.35. The molecule has 0 aliphatic rings. The molecule has 0 atom stereocenters. The van der Waals surface area contributed by atoms with Crippen molar-refractivity contribution >= 4 is 5.82 Å². The number of aromatic amines is 1. The summed E-state index contributed by atoms with van der Waals surface area (Å²) >= 11 is 0. The summed E-state index contributed by atoms with van der Waals surface area (Å²) in [5.74, 6) is 1.22. The zero-order chi connectivity index (χ0) is 11.4. The van der Waals surface area contributed by atoms with Crippen molar-refractivity contribution in [2.45, 2.75) is 6.42 Å². The minimum atomic E-state index is 0.399. The Morgan fingerprint density at radius 3 is 2.75 bits per heavy atom. The Morgan fingerprint density at radius 1 is 1.38 bits per heavy atom. The Kier molecular flexibility index (Phi) is 2.83. The number of hydrogen-bond donors (Lipinski definition) is 1. The zero-order valence-electron chi connectivity index (χ0n) is 8.84. The molecule has 0 fully saturated rings. The molecule has 1 aromatic heterocycles. The predicted octanol–water partition coefficient (Wildman–Crippen LogP) is 2.49. The van der Waals surface area contributed by atoms with Crippen molar-refractivity contribution in [2.24, 2.45) is 0 Å². The molecule has 0 aliphatic carbocycles. The fourth-order valence-electron chi connectivity index (χ4n) is 1.48. The molecule has 1 N–H and O–H groups in total. The third-order valence-electron chi connectivity index (χ3n) is 2.35. The fourth-order valence-corrected chi connectivity index (χ4v) is 1.48. The molecule has 5 heteroatoms. The second-order valence-electron chi connectivity index (χ2n) is 3.37. The number of diazo groups is 1. The van der Waals surface area contributed by atoms with E-state index in [2.05, 4.69) is 15.2 Å². The van der Waals surface area contributed by atoms with E-state index in [1.54, 1.807) is 13.3 Å². The van der Waals surface area contributed by atoms with E-state index in [1.165, 1.54) is 0 Å². The van der Waals surface area contributed by atoms with Gasteiger partial charge in [-0.15, -0.1) is 5.10 Å². The molecule has 0 saturated heterocycles. The van der Waals surface area contributed by atoms with Crippen LogP contribution in [0.3, 0.4) is 0 Å². The van der Waals surface area contributed by atoms with Crippen LogP contribution in [0, 0.1) is 5.39 Å². The SMILES string of the molecule is COc1ccc(Cc2cn[nH]c2[N+]#N)cc1. The predicted molar refractivity (Wildman–Crippen MR) is 59.1 cm³/mol. The first-order chi connectivity index (χ1) is 7.83. The molecule has 0 unspecified atom stereocenters. The van der Waals surface area contributed by atoms with Crippen LogP contribution in [0.15, 0.2) is 30.5 Å². The summed E-state index contributed by atoms with van der Waals surface area (Å²) in [5.41, 5.74) is 1.96. The van der Waals surface area contributed by atoms with Gasteiger partial charge in [0.2, 0.25) is 0 Å². The van der Waals surface area contributed by atoms with Crippen LogP contribution >= 0.6 is 0 Å². The third kappa shape index (κ3) is 2.01. The zero-order valence-corrected chi connectivity index (χ0v) is 8.84. The summed E-state index contributed by atoms with van der Waals surface area (Å²) < 4.78 is 5.07. The van der Waals surface area contributed by atoms with E-state index >= 15 is 0 Å². The normalized spacial score (nSPS) is 9.75. The lowest BCUT2D eigenvalue weighted by Gasteiger charge is -2.00. The number of methoxy groups -OCH3 is 1. The van der Waals surface area contributed by atoms with E-state index in [0.29, 0.717) is 12.2 Å². The standard InChI is InChI=1S/C11H11N4O/c1-16-10-4-2-8(3-5-10)6-9-7-13-15-11(9)14-12/h2-5,7H,6H2,1H3,(H,13,15)/q+1. The monoisotopic (exact) mass is 215 g/mol. The van der Waals surface area contributed by atoms with Crippen molar-refractivity contribution in [1.82, 2.24) is 10.2 Å². The quantitative estimate of drug-likeness (QED) is 0.800. The number of hydrogen-bond acceptors (Lipinski definition) is 3. The summed E-state index contributed by atoms with van der Waals surface area (Å²) in [5, 5.41) is 15.1. The van der Waals surface area contributed by atoms with Crippen LogP contribution in [-0.4, -0.2) is 17.3 Å². The van der Waals surface area contributed by atoms with Gasteiger partial charge >= 0.3 is 5.82 Å². The van der Waals surface area contributed by atoms with Gasteiger partial charge in [-0.3, -0.25) is 0 Å². The summed E-state index contributed by atoms with van der Waals surface area (Å²) in [6.45, 7) is 0. The molecule has 16 heavy (non-hydrogen) atoms. The number of nitrogens with one attached hydrogen (secondary N) is 1. The molecule has 0 spiro atoms. The van der Waals surface area contributed by atoms with Gasteiger partial charge in [0.1, 0.15) is 5.75 Å². The van der Waals surface area contributed by atoms with Gasteiger partial charge in [0.15, 0.2) is 0 Å². The van der Waals surface area contributed by atoms with Crippen molar-refractivity contribution in [2.75, 3.05) is 7.11 Å². The van der Waals surface area contributed by atoms with E-state index in [0.717, 1.165) is 16.9 Å². The van der Waals surface area contributed by atoms with Gasteiger partial charge in [-0.05, 0) is 17.7 Å². The van der Waals surface area contributed by atoms with E-state index in [-0.39, 0.29) is 0 Å². The minimum Gasteiger partial charge on any atom is -0.497 e. The van der Waals surface area contributed by atoms with E-state index in [4.69, 9.17) is 10.1 Å². The molecule has 5 nitrogen and oxygen atoms in total. The second kappa shape index (κ2) is 4.45. The summed E-state index contributed by atoms with van der Waals surface area (Å²) in [7, 11) is 1.63. The summed E-state index contributed by atoms with van der Waals surface area (Å²) in [6.07, 6.45) is 2.32. The van der Waals surface area contributed by atoms with Gasteiger partial charge in [0, 0.05) is 11.4 Å². The Labute approximate surface area is 92.7 Å². The second-order valence-corrected chi connectivity index (χ2v) is 3.37. The van der Waals surface area contributed by atoms with Gasteiger partial charge in [-0.25, -0.2) is 0 Å². The largest absolute Gasteiger partial charge is 0.497 e. The number of aromatic nitrogens is 2. The van der Waals surface area contributed by atoms with Gasteiger partial charge in [-0.1, -0.05) is 17.2 Å². The fraction of sp³-hybridized carbons (Fsp3) is 0.182. The van der Waals surface area contributed by atoms with Crippen LogP contribution in [-0.2, 0) is 6.42 Å². The van der Waals surface area contributed by atoms with Crippen molar-refractivity contribution in [3.63, 3.8) is 0 Å². The maximum absolute atomic E-state index is 8.70. The Morgan fingerprint density at radius 2 is 2.12 bits per heavy atom. The number of ether oxygens (including phenoxy) is 1. The average Bonchev–Trinajstić information content (AvgIpc) is 2.77. The van der Waals surface area contributed by atoms with Crippen molar-refractivity contribution < 1.29 is 4.74 Å². The number of H-pyrrole nitrogens is 1. The molecule has 2 rings (SSSR count). The molecule has 1 heterocycles. The minimum absolute atomic E-state index is 0.399. The molecule has 0 amide bonds. The molecule has 80 valence electrons. The molecule has 0 radical (unpaired) electrons. The Balaban J connectivity index is 2.18. The van der Waals surface area contributed by atoms with Crippen LogP contribution in [0.2, 0.25) is 0 Å². The van der Waals surface area contributed by atoms with Crippen LogP contribution in [0.25, 0.3) is 4.98 Å². The highest BCUT2D eigenvalue weighted by Gasteiger charge is 2.14. The lowest BCUT2D eigenvalue weighted by atomic mass is 10.1. The average molecular weight is 215 g/mol. The van der Waals surface area contributed by atoms with Crippen molar-refractivity contribution in [3.8, 4) is 5.75 Å². The van der Waals surface area contributed by atoms with E-state index in [9.17, 15) is 0 Å². The highest BCUT2D eigenvalue weighted by molar-refractivity contribution is 5.45. The lowest BCUT2D eigenvalue weighted by molar-refractivity contribution is 0.414. The van der Waals surface area contributed by atoms with Crippen LogP contribution in [0.1, 0.15) is 11.1 Å². The molecule has 0 bridgehead atoms. The lowest BCUT2D eigenvalue weighted by Crippen LogP contribution is -1.87. The van der Waals surface area contributed by atoms with Gasteiger partial charge < -0.3 is 4.74 Å². The number of nitrogens with zero attached hydrogens (tertiary/aromatic N) is 3. The number of benzene rings is 1. The first-order valence-corrected chi connectivity index (χ1v) is 4.83. The third-order valence-corrected chi connectivity index (χ3v) is 2.35. The smallest absolute Gasteiger partial charge is 0.447 e. The topological polar surface area (TPSA) is 66.1 Å². The van der Waals surface area contributed by atoms with Crippen LogP contribution < -0.4 is 4.74 Å². The summed E-state index contributed by atoms with van der Waals surface area (Å²) in [6, 6.07) is 7.72. The van der Waals surface area contributed by atoms with E-state index < -0.39 is 0 Å². The molecule has 2 aromatic rings. The van der Waals surface area contributed by atoms with Crippen molar-refractivity contribution in [3.05, 3.63) is 46.6 Å². The first kappa shape index (κ1) is 10.2. The van der Waals surface area contributed by atoms with E-state index in [1.807, 2.05) is 24.3 Å². The molecule has 0 aliphatic heterocycles. The maximum Gasteiger partial charge on any atom is 0.447 e. The van der Waals surface area contributed by atoms with Crippen LogP contribution in [0.5, 0.6) is 5.75 Å². The van der Waals surface area contributed by atoms with Crippen molar-refractivity contribution in [1.29, 1.82) is 5.39 Å².